The number of rotatable bonds is 6. The Hall–Kier alpha value is -3.06. The van der Waals surface area contributed by atoms with Gasteiger partial charge in [0.25, 0.3) is 0 Å². The summed E-state index contributed by atoms with van der Waals surface area (Å²) >= 11 is -4.53. The molecular weight excluding hydrogens is 571 g/mol. The summed E-state index contributed by atoms with van der Waals surface area (Å²) in [6, 6.07) is 11.3. The number of carbonyl (C=O) groups excluding carboxylic acids is 3. The van der Waals surface area contributed by atoms with Gasteiger partial charge >= 0.3 is 229 Å². The average Bonchev–Trinajstić information content (AvgIpc) is 2.82. The molecule has 0 radical (unpaired) electrons. The Morgan fingerprint density at radius 1 is 0.432 bits per heavy atom. The predicted octanol–water partition coefficient (Wildman–Crippen LogP) is 6.32. The number of benzene rings is 3. The second-order valence-electron chi connectivity index (χ2n) is 9.60. The fourth-order valence-electron chi connectivity index (χ4n) is 4.31. The van der Waals surface area contributed by atoms with Crippen molar-refractivity contribution in [1.29, 1.82) is 0 Å². The molecule has 0 aliphatic heterocycles. The van der Waals surface area contributed by atoms with Crippen LogP contribution < -0.4 is 0 Å². The summed E-state index contributed by atoms with van der Waals surface area (Å²) in [4.78, 5) is 39.9. The molecule has 0 N–H and O–H groups in total. The Morgan fingerprint density at radius 2 is 0.649 bits per heavy atom. The van der Waals surface area contributed by atoms with Gasteiger partial charge in [-0.2, -0.15) is 0 Å². The first-order chi connectivity index (χ1) is 17.3. The van der Waals surface area contributed by atoms with Gasteiger partial charge in [0.15, 0.2) is 0 Å². The summed E-state index contributed by atoms with van der Waals surface area (Å²) in [5, 5.41) is 0. The van der Waals surface area contributed by atoms with Crippen LogP contribution in [0, 0.1) is 62.3 Å². The van der Waals surface area contributed by atoms with Crippen LogP contribution in [0.4, 0.5) is 0 Å². The standard InChI is InChI=1S/3C10H12O2.In/c3*1-6-4-5-7(2)9(8(6)3)10(11)12;/h3*4-5H,1-3H3,(H,11,12);/q;;;+3/p-3. The first-order valence-corrected chi connectivity index (χ1v) is 16.2. The fraction of sp³-hybridized carbons (Fsp3) is 0.300. The van der Waals surface area contributed by atoms with Gasteiger partial charge in [0.05, 0.1) is 0 Å². The van der Waals surface area contributed by atoms with Gasteiger partial charge in [-0.25, -0.2) is 0 Å². The minimum absolute atomic E-state index is 0.389. The quantitative estimate of drug-likeness (QED) is 0.328. The van der Waals surface area contributed by atoms with E-state index in [1.54, 1.807) is 0 Å². The third kappa shape index (κ3) is 6.09. The molecule has 6 nitrogen and oxygen atoms in total. The van der Waals surface area contributed by atoms with Gasteiger partial charge in [-0.15, -0.1) is 0 Å². The predicted molar refractivity (Wildman–Crippen MR) is 144 cm³/mol. The minimum atomic E-state index is -4.53. The van der Waals surface area contributed by atoms with E-state index in [1.165, 1.54) is 0 Å². The van der Waals surface area contributed by atoms with Gasteiger partial charge in [0.2, 0.25) is 0 Å². The molecule has 192 valence electrons. The molecular formula is C30H33InO6. The molecule has 0 amide bonds. The summed E-state index contributed by atoms with van der Waals surface area (Å²) in [6.45, 7) is 16.6. The van der Waals surface area contributed by atoms with Gasteiger partial charge in [-0.1, -0.05) is 0 Å². The van der Waals surface area contributed by atoms with E-state index in [4.69, 9.17) is 8.56 Å². The van der Waals surface area contributed by atoms with Crippen LogP contribution in [0.5, 0.6) is 0 Å². The van der Waals surface area contributed by atoms with Crippen LogP contribution in [0.3, 0.4) is 0 Å². The van der Waals surface area contributed by atoms with Gasteiger partial charge < -0.3 is 0 Å². The van der Waals surface area contributed by atoms with E-state index in [1.807, 2.05) is 98.7 Å². The van der Waals surface area contributed by atoms with Crippen LogP contribution in [-0.4, -0.2) is 40.7 Å². The van der Waals surface area contributed by atoms with Gasteiger partial charge in [0.1, 0.15) is 0 Å². The molecule has 0 atom stereocenters. The van der Waals surface area contributed by atoms with Crippen molar-refractivity contribution in [3.63, 3.8) is 0 Å². The molecule has 37 heavy (non-hydrogen) atoms. The first-order valence-electron chi connectivity index (χ1n) is 12.2. The summed E-state index contributed by atoms with van der Waals surface area (Å²) < 4.78 is 17.2. The molecule has 0 aliphatic carbocycles. The van der Waals surface area contributed by atoms with Crippen LogP contribution in [0.15, 0.2) is 36.4 Å². The third-order valence-electron chi connectivity index (χ3n) is 7.05. The van der Waals surface area contributed by atoms with Crippen molar-refractivity contribution < 1.29 is 22.9 Å². The fourth-order valence-corrected chi connectivity index (χ4v) is 7.22. The topological polar surface area (TPSA) is 78.9 Å². The Bertz CT molecular complexity index is 1240. The summed E-state index contributed by atoms with van der Waals surface area (Å²) in [7, 11) is 0. The van der Waals surface area contributed by atoms with E-state index < -0.39 is 40.7 Å². The van der Waals surface area contributed by atoms with E-state index in [2.05, 4.69) is 0 Å². The monoisotopic (exact) mass is 604 g/mol. The molecule has 0 spiro atoms. The van der Waals surface area contributed by atoms with E-state index in [0.29, 0.717) is 16.7 Å². The number of carbonyl (C=O) groups is 3. The van der Waals surface area contributed by atoms with Crippen molar-refractivity contribution in [3.05, 3.63) is 103 Å². The van der Waals surface area contributed by atoms with Gasteiger partial charge in [-0.3, -0.25) is 0 Å². The van der Waals surface area contributed by atoms with Crippen molar-refractivity contribution in [2.24, 2.45) is 0 Å². The molecule has 0 aliphatic rings. The molecule has 3 aromatic carbocycles. The maximum absolute atomic E-state index is 13.3. The Balaban J connectivity index is 1.99. The summed E-state index contributed by atoms with van der Waals surface area (Å²) in [5.41, 5.74) is 8.43. The van der Waals surface area contributed by atoms with Crippen molar-refractivity contribution in [3.8, 4) is 0 Å². The SMILES string of the molecule is Cc1ccc(C)c(C(=O)[O][In]([O]C(=O)c2c(C)ccc(C)c2C)[O]C(=O)c2c(C)ccc(C)c2C)c1C. The second-order valence-corrected chi connectivity index (χ2v) is 13.3. The molecule has 0 fully saturated rings. The van der Waals surface area contributed by atoms with Gasteiger partial charge in [-0.05, 0) is 0 Å². The molecule has 3 aromatic rings. The van der Waals surface area contributed by atoms with Crippen LogP contribution in [0.1, 0.15) is 81.1 Å². The molecule has 0 bridgehead atoms. The van der Waals surface area contributed by atoms with E-state index in [9.17, 15) is 14.4 Å². The van der Waals surface area contributed by atoms with E-state index in [-0.39, 0.29) is 0 Å². The average molecular weight is 604 g/mol. The number of hydrogen-bond acceptors (Lipinski definition) is 6. The van der Waals surface area contributed by atoms with Crippen molar-refractivity contribution >= 4 is 40.7 Å². The molecule has 3 rings (SSSR count). The van der Waals surface area contributed by atoms with Crippen molar-refractivity contribution in [2.75, 3.05) is 0 Å². The molecule has 7 heteroatoms. The zero-order valence-electron chi connectivity index (χ0n) is 23.0. The Kier molecular flexibility index (Phi) is 8.90. The molecule has 0 saturated heterocycles. The normalized spacial score (nSPS) is 10.6. The second kappa shape index (κ2) is 11.5. The molecule has 0 aromatic heterocycles. The van der Waals surface area contributed by atoms with Crippen LogP contribution >= 0.6 is 0 Å². The van der Waals surface area contributed by atoms with Crippen LogP contribution in [-0.2, 0) is 8.56 Å². The van der Waals surface area contributed by atoms with Gasteiger partial charge in [0, 0.05) is 0 Å². The molecule has 0 heterocycles. The first kappa shape index (κ1) is 28.5. The van der Waals surface area contributed by atoms with Crippen LogP contribution in [0.25, 0.3) is 0 Å². The molecule has 0 saturated carbocycles. The zero-order chi connectivity index (χ0) is 27.6. The number of aryl methyl sites for hydroxylation is 6. The summed E-state index contributed by atoms with van der Waals surface area (Å²) in [6.07, 6.45) is 0. The Morgan fingerprint density at radius 3 is 0.892 bits per heavy atom. The van der Waals surface area contributed by atoms with Crippen molar-refractivity contribution in [2.45, 2.75) is 62.3 Å². The van der Waals surface area contributed by atoms with E-state index >= 15 is 0 Å². The summed E-state index contributed by atoms with van der Waals surface area (Å²) in [5.74, 6) is -1.97. The number of hydrogen-bond donors (Lipinski definition) is 0. The van der Waals surface area contributed by atoms with E-state index in [0.717, 1.165) is 50.1 Å². The zero-order valence-corrected chi connectivity index (χ0v) is 26.3. The van der Waals surface area contributed by atoms with Crippen molar-refractivity contribution in [1.82, 2.24) is 0 Å². The maximum atomic E-state index is 13.3. The van der Waals surface area contributed by atoms with Crippen LogP contribution in [0.2, 0.25) is 0 Å². The Labute approximate surface area is 228 Å². The third-order valence-corrected chi connectivity index (χ3v) is 10.5. The molecule has 0 unspecified atom stereocenters.